The van der Waals surface area contributed by atoms with E-state index in [-0.39, 0.29) is 31.2 Å². The van der Waals surface area contributed by atoms with Gasteiger partial charge in [0, 0.05) is 13.1 Å². The summed E-state index contributed by atoms with van der Waals surface area (Å²) >= 11 is 0. The molecule has 1 N–H and O–H groups in total. The standard InChI is InChI=1S/C25H31F6N3O2S/c26-24(27,28)16-34-15-23(32-37(34,35)36)21-5-6-22(23)14-19-12-17(3-4-18(19)13-21)2-1-9-33-10-7-20(8-11-33)25(29,30)31/h1-4,12,20-22,32H,5-11,13-16H2/b2-1+/t21-,22-,23+/m0/s1. The molecule has 1 saturated carbocycles. The van der Waals surface area contributed by atoms with Gasteiger partial charge in [-0.05, 0) is 80.1 Å². The first kappa shape index (κ1) is 27.0. The molecular formula is C25H31F6N3O2S. The van der Waals surface area contributed by atoms with Crippen molar-refractivity contribution in [2.24, 2.45) is 17.8 Å². The van der Waals surface area contributed by atoms with Gasteiger partial charge < -0.3 is 0 Å². The fourth-order valence-electron chi connectivity index (χ4n) is 6.75. The minimum atomic E-state index is -4.61. The fraction of sp³-hybridized carbons (Fsp3) is 0.680. The summed E-state index contributed by atoms with van der Waals surface area (Å²) in [6.07, 6.45) is -1.92. The highest BCUT2D eigenvalue weighted by Gasteiger charge is 2.60. The Morgan fingerprint density at radius 1 is 0.973 bits per heavy atom. The number of alkyl halides is 6. The molecule has 4 aliphatic rings. The van der Waals surface area contributed by atoms with Gasteiger partial charge in [0.25, 0.3) is 10.2 Å². The first-order chi connectivity index (χ1) is 17.3. The lowest BCUT2D eigenvalue weighted by molar-refractivity contribution is -0.184. The predicted molar refractivity (Wildman–Crippen MR) is 127 cm³/mol. The van der Waals surface area contributed by atoms with Crippen LogP contribution in [0, 0.1) is 17.8 Å². The number of hydrogen-bond donors (Lipinski definition) is 1. The van der Waals surface area contributed by atoms with E-state index in [0.717, 1.165) is 29.5 Å². The number of nitrogens with zero attached hydrogens (tertiary/aromatic N) is 2. The van der Waals surface area contributed by atoms with Crippen molar-refractivity contribution >= 4 is 16.3 Å². The smallest absolute Gasteiger partial charge is 0.300 e. The number of rotatable bonds is 4. The molecule has 2 bridgehead atoms. The summed E-state index contributed by atoms with van der Waals surface area (Å²) in [5, 5.41) is 0. The summed E-state index contributed by atoms with van der Waals surface area (Å²) < 4.78 is 106. The van der Waals surface area contributed by atoms with E-state index in [0.29, 0.717) is 36.8 Å². The second-order valence-electron chi connectivity index (χ2n) is 11.0. The number of likely N-dealkylation sites (tertiary alicyclic amines) is 1. The van der Waals surface area contributed by atoms with E-state index < -0.39 is 40.6 Å². The van der Waals surface area contributed by atoms with Crippen LogP contribution in [0.3, 0.4) is 0 Å². The van der Waals surface area contributed by atoms with Crippen LogP contribution in [-0.4, -0.2) is 68.2 Å². The first-order valence-corrected chi connectivity index (χ1v) is 14.1. The van der Waals surface area contributed by atoms with Crippen LogP contribution in [0.5, 0.6) is 0 Å². The third-order valence-corrected chi connectivity index (χ3v) is 10.2. The van der Waals surface area contributed by atoms with E-state index in [1.807, 2.05) is 35.3 Å². The lowest BCUT2D eigenvalue weighted by Crippen LogP contribution is -2.52. The van der Waals surface area contributed by atoms with E-state index in [4.69, 9.17) is 0 Å². The van der Waals surface area contributed by atoms with Crippen LogP contribution in [0.25, 0.3) is 6.08 Å². The van der Waals surface area contributed by atoms with E-state index in [2.05, 4.69) is 4.72 Å². The topological polar surface area (TPSA) is 52.7 Å². The maximum Gasteiger partial charge on any atom is 0.402 e. The molecule has 0 amide bonds. The molecule has 0 aromatic heterocycles. The molecule has 5 nitrogen and oxygen atoms in total. The summed E-state index contributed by atoms with van der Waals surface area (Å²) in [7, 11) is -4.22. The van der Waals surface area contributed by atoms with Crippen LogP contribution in [0.2, 0.25) is 0 Å². The number of hydrogen-bond acceptors (Lipinski definition) is 3. The molecule has 3 fully saturated rings. The summed E-state index contributed by atoms with van der Waals surface area (Å²) in [4.78, 5) is 2.00. The summed E-state index contributed by atoms with van der Waals surface area (Å²) in [6, 6.07) is 6.02. The second kappa shape index (κ2) is 9.53. The lowest BCUT2D eigenvalue weighted by Gasteiger charge is -2.33. The molecular weight excluding hydrogens is 520 g/mol. The van der Waals surface area contributed by atoms with Gasteiger partial charge in [0.05, 0.1) is 11.5 Å². The van der Waals surface area contributed by atoms with Crippen molar-refractivity contribution in [1.29, 1.82) is 0 Å². The van der Waals surface area contributed by atoms with Crippen LogP contribution in [0.4, 0.5) is 26.3 Å². The maximum absolute atomic E-state index is 13.1. The van der Waals surface area contributed by atoms with Gasteiger partial charge in [0.1, 0.15) is 6.54 Å². The van der Waals surface area contributed by atoms with Crippen molar-refractivity contribution in [3.05, 3.63) is 41.0 Å². The zero-order chi connectivity index (χ0) is 26.6. The lowest BCUT2D eigenvalue weighted by atomic mass is 9.79. The Labute approximate surface area is 213 Å². The van der Waals surface area contributed by atoms with Gasteiger partial charge in [0.15, 0.2) is 0 Å². The van der Waals surface area contributed by atoms with Gasteiger partial charge >= 0.3 is 12.4 Å². The molecule has 37 heavy (non-hydrogen) atoms. The van der Waals surface area contributed by atoms with Crippen molar-refractivity contribution in [2.75, 3.05) is 32.7 Å². The Morgan fingerprint density at radius 2 is 1.62 bits per heavy atom. The normalized spacial score (nSPS) is 31.3. The van der Waals surface area contributed by atoms with E-state index in [1.54, 1.807) is 0 Å². The molecule has 206 valence electrons. The molecule has 3 atom stereocenters. The molecule has 1 aromatic carbocycles. The minimum Gasteiger partial charge on any atom is -0.300 e. The van der Waals surface area contributed by atoms with Crippen LogP contribution in [0.1, 0.15) is 42.4 Å². The number of piperidine rings is 1. The number of nitrogens with one attached hydrogen (secondary N) is 1. The van der Waals surface area contributed by atoms with Gasteiger partial charge in [-0.1, -0.05) is 30.4 Å². The minimum absolute atomic E-state index is 0.0761. The number of halogens is 6. The Morgan fingerprint density at radius 3 is 2.24 bits per heavy atom. The second-order valence-corrected chi connectivity index (χ2v) is 12.6. The Hall–Kier alpha value is -1.63. The third kappa shape index (κ3) is 5.58. The first-order valence-electron chi connectivity index (χ1n) is 12.7. The average molecular weight is 552 g/mol. The summed E-state index contributed by atoms with van der Waals surface area (Å²) in [5.41, 5.74) is 2.21. The highest BCUT2D eigenvalue weighted by atomic mass is 32.2. The van der Waals surface area contributed by atoms with E-state index in [1.165, 1.54) is 0 Å². The van der Waals surface area contributed by atoms with E-state index >= 15 is 0 Å². The zero-order valence-corrected chi connectivity index (χ0v) is 21.1. The van der Waals surface area contributed by atoms with E-state index in [9.17, 15) is 34.8 Å². The van der Waals surface area contributed by atoms with Crippen LogP contribution in [-0.2, 0) is 23.1 Å². The summed E-state index contributed by atoms with van der Waals surface area (Å²) in [6.45, 7) is -0.280. The predicted octanol–water partition coefficient (Wildman–Crippen LogP) is 4.55. The highest BCUT2D eigenvalue weighted by Crippen LogP contribution is 2.50. The third-order valence-electron chi connectivity index (χ3n) is 8.66. The molecule has 2 saturated heterocycles. The molecule has 2 heterocycles. The summed E-state index contributed by atoms with van der Waals surface area (Å²) in [5.74, 6) is -1.39. The van der Waals surface area contributed by atoms with Crippen molar-refractivity contribution < 1.29 is 34.8 Å². The van der Waals surface area contributed by atoms with Crippen LogP contribution < -0.4 is 4.72 Å². The molecule has 2 aliphatic heterocycles. The SMILES string of the molecule is O=S1(=O)N[C@]2(CN1CC(F)(F)F)[C@H]1CC[C@H]2Cc2cc(/C=C/CN3CCC(C(F)(F)F)CC3)ccc2C1. The average Bonchev–Trinajstić information content (AvgIpc) is 3.17. The van der Waals surface area contributed by atoms with Crippen LogP contribution in [0.15, 0.2) is 24.3 Å². The van der Waals surface area contributed by atoms with Gasteiger partial charge in [-0.2, -0.15) is 43.8 Å². The monoisotopic (exact) mass is 551 g/mol. The van der Waals surface area contributed by atoms with Crippen molar-refractivity contribution in [2.45, 2.75) is 56.4 Å². The van der Waals surface area contributed by atoms with Crippen molar-refractivity contribution in [3.63, 3.8) is 0 Å². The van der Waals surface area contributed by atoms with Gasteiger partial charge in [-0.3, -0.25) is 4.90 Å². The Bertz CT molecular complexity index is 1140. The maximum atomic E-state index is 13.1. The van der Waals surface area contributed by atoms with Gasteiger partial charge in [-0.15, -0.1) is 0 Å². The molecule has 2 aliphatic carbocycles. The molecule has 12 heteroatoms. The van der Waals surface area contributed by atoms with Gasteiger partial charge in [0.2, 0.25) is 0 Å². The highest BCUT2D eigenvalue weighted by molar-refractivity contribution is 7.87. The van der Waals surface area contributed by atoms with Gasteiger partial charge in [-0.25, -0.2) is 0 Å². The van der Waals surface area contributed by atoms with Crippen molar-refractivity contribution in [1.82, 2.24) is 13.9 Å². The number of benzene rings is 1. The molecule has 0 radical (unpaired) electrons. The number of fused-ring (bicyclic) bond motifs is 1. The molecule has 0 unspecified atom stereocenters. The van der Waals surface area contributed by atoms with Crippen LogP contribution >= 0.6 is 0 Å². The largest absolute Gasteiger partial charge is 0.402 e. The fourth-order valence-corrected chi connectivity index (χ4v) is 8.46. The Kier molecular flexibility index (Phi) is 6.94. The molecule has 5 rings (SSSR count). The molecule has 1 spiro atoms. The molecule has 1 aromatic rings. The van der Waals surface area contributed by atoms with Crippen molar-refractivity contribution in [3.8, 4) is 0 Å². The quantitative estimate of drug-likeness (QED) is 0.559. The zero-order valence-electron chi connectivity index (χ0n) is 20.3. The Balaban J connectivity index is 1.26.